The number of halogens is 3. The number of carboxylic acid groups (broad SMARTS) is 1. The Morgan fingerprint density at radius 1 is 1.12 bits per heavy atom. The molecule has 0 amide bonds. The number of carboxylic acids is 1. The van der Waals surface area contributed by atoms with Crippen LogP contribution in [0.4, 0.5) is 8.78 Å². The summed E-state index contributed by atoms with van der Waals surface area (Å²) in [5, 5.41) is 9.98. The Morgan fingerprint density at radius 2 is 1.85 bits per heavy atom. The molecule has 0 radical (unpaired) electrons. The van der Waals surface area contributed by atoms with E-state index in [9.17, 15) is 18.7 Å². The molecule has 4 nitrogen and oxygen atoms in total. The van der Waals surface area contributed by atoms with Gasteiger partial charge >= 0.3 is 12.6 Å². The number of alkyl halides is 2. The molecule has 0 atom stereocenters. The highest BCUT2D eigenvalue weighted by Gasteiger charge is 2.11. The van der Waals surface area contributed by atoms with Gasteiger partial charge in [-0.3, -0.25) is 0 Å². The molecule has 3 rings (SSSR count). The van der Waals surface area contributed by atoms with Crippen molar-refractivity contribution in [1.82, 2.24) is 4.98 Å². The lowest BCUT2D eigenvalue weighted by molar-refractivity contribution is -0.0498. The van der Waals surface area contributed by atoms with Gasteiger partial charge in [-0.1, -0.05) is 34.1 Å². The molecule has 1 heterocycles. The predicted octanol–water partition coefficient (Wildman–Crippen LogP) is 5.47. The van der Waals surface area contributed by atoms with E-state index in [0.717, 1.165) is 10.0 Å². The Balaban J connectivity index is 1.92. The summed E-state index contributed by atoms with van der Waals surface area (Å²) in [4.78, 5) is 16.0. The van der Waals surface area contributed by atoms with Crippen LogP contribution in [-0.2, 0) is 0 Å². The van der Waals surface area contributed by atoms with Gasteiger partial charge in [-0.2, -0.15) is 8.78 Å². The van der Waals surface area contributed by atoms with E-state index in [1.807, 2.05) is 0 Å². The smallest absolute Gasteiger partial charge is 0.387 e. The van der Waals surface area contributed by atoms with Crippen molar-refractivity contribution in [2.24, 2.45) is 0 Å². The summed E-state index contributed by atoms with van der Waals surface area (Å²) in [6, 6.07) is 12.8. The maximum absolute atomic E-state index is 12.2. The molecule has 0 saturated heterocycles. The molecule has 0 aliphatic carbocycles. The van der Waals surface area contributed by atoms with Crippen molar-refractivity contribution >= 4 is 45.0 Å². The van der Waals surface area contributed by atoms with Crippen LogP contribution in [0.25, 0.3) is 23.1 Å². The second kappa shape index (κ2) is 7.61. The van der Waals surface area contributed by atoms with Gasteiger partial charge in [-0.15, -0.1) is 0 Å². The lowest BCUT2D eigenvalue weighted by atomic mass is 10.1. The van der Waals surface area contributed by atoms with Crippen LogP contribution in [0.3, 0.4) is 0 Å². The Morgan fingerprint density at radius 3 is 2.50 bits per heavy atom. The molecule has 0 unspecified atom stereocenters. The van der Waals surface area contributed by atoms with E-state index in [4.69, 9.17) is 0 Å². The fraction of sp³-hybridized carbons (Fsp3) is 0.0526. The third-order valence-corrected chi connectivity index (χ3v) is 4.07. The molecule has 0 aliphatic rings. The zero-order valence-corrected chi connectivity index (χ0v) is 14.8. The van der Waals surface area contributed by atoms with Gasteiger partial charge in [0.15, 0.2) is 0 Å². The number of ether oxygens (including phenoxy) is 1. The van der Waals surface area contributed by atoms with Gasteiger partial charge in [0, 0.05) is 9.86 Å². The summed E-state index contributed by atoms with van der Waals surface area (Å²) >= 11 is 3.32. The quantitative estimate of drug-likeness (QED) is 0.595. The number of hydrogen-bond acceptors (Lipinski definition) is 3. The highest BCUT2D eigenvalue weighted by molar-refractivity contribution is 9.10. The minimum atomic E-state index is -2.87. The van der Waals surface area contributed by atoms with Gasteiger partial charge in [-0.25, -0.2) is 9.78 Å². The van der Waals surface area contributed by atoms with Crippen LogP contribution in [0.2, 0.25) is 0 Å². The lowest BCUT2D eigenvalue weighted by Gasteiger charge is -2.05. The Bertz CT molecular complexity index is 988. The fourth-order valence-electron chi connectivity index (χ4n) is 2.42. The first-order valence-corrected chi connectivity index (χ1v) is 8.28. The van der Waals surface area contributed by atoms with Gasteiger partial charge in [0.25, 0.3) is 0 Å². The molecule has 0 aliphatic heterocycles. The maximum atomic E-state index is 12.2. The number of fused-ring (bicyclic) bond motifs is 1. The number of aromatic nitrogens is 1. The van der Waals surface area contributed by atoms with Crippen LogP contribution in [-0.4, -0.2) is 22.7 Å². The minimum Gasteiger partial charge on any atom is -0.478 e. The zero-order valence-electron chi connectivity index (χ0n) is 13.2. The molecule has 26 heavy (non-hydrogen) atoms. The number of carbonyl (C=O) groups is 1. The first-order valence-electron chi connectivity index (χ1n) is 7.49. The van der Waals surface area contributed by atoms with Crippen molar-refractivity contribution in [3.8, 4) is 5.75 Å². The van der Waals surface area contributed by atoms with Crippen molar-refractivity contribution in [3.05, 3.63) is 69.8 Å². The predicted molar refractivity (Wildman–Crippen MR) is 98.4 cm³/mol. The average molecular weight is 420 g/mol. The van der Waals surface area contributed by atoms with Gasteiger partial charge in [0.05, 0.1) is 16.8 Å². The molecule has 7 heteroatoms. The molecule has 1 aromatic heterocycles. The van der Waals surface area contributed by atoms with Crippen LogP contribution >= 0.6 is 15.9 Å². The molecule has 0 spiro atoms. The maximum Gasteiger partial charge on any atom is 0.387 e. The van der Waals surface area contributed by atoms with Crippen LogP contribution in [0.5, 0.6) is 5.75 Å². The molecule has 2 aromatic carbocycles. The van der Waals surface area contributed by atoms with Gasteiger partial charge in [0.1, 0.15) is 5.75 Å². The third-order valence-electron chi connectivity index (χ3n) is 3.57. The molecular weight excluding hydrogens is 408 g/mol. The normalized spacial score (nSPS) is 11.4. The van der Waals surface area contributed by atoms with E-state index in [1.165, 1.54) is 18.2 Å². The van der Waals surface area contributed by atoms with Gasteiger partial charge in [0.2, 0.25) is 0 Å². The van der Waals surface area contributed by atoms with Gasteiger partial charge < -0.3 is 9.84 Å². The highest BCUT2D eigenvalue weighted by atomic mass is 79.9. The van der Waals surface area contributed by atoms with Crippen molar-refractivity contribution in [3.63, 3.8) is 0 Å². The molecule has 132 valence electrons. The summed E-state index contributed by atoms with van der Waals surface area (Å²) in [5.74, 6) is -0.974. The summed E-state index contributed by atoms with van der Waals surface area (Å²) in [5.41, 5.74) is 1.93. The van der Waals surface area contributed by atoms with Crippen molar-refractivity contribution in [1.29, 1.82) is 0 Å². The van der Waals surface area contributed by atoms with Crippen LogP contribution in [0, 0.1) is 0 Å². The van der Waals surface area contributed by atoms with Crippen LogP contribution < -0.4 is 4.74 Å². The average Bonchev–Trinajstić information content (AvgIpc) is 2.60. The van der Waals surface area contributed by atoms with E-state index >= 15 is 0 Å². The first kappa shape index (κ1) is 18.0. The Kier molecular flexibility index (Phi) is 5.27. The molecule has 0 saturated carbocycles. The second-order valence-corrected chi connectivity index (χ2v) is 6.26. The van der Waals surface area contributed by atoms with Crippen molar-refractivity contribution in [2.75, 3.05) is 0 Å². The van der Waals surface area contributed by atoms with Gasteiger partial charge in [-0.05, 0) is 48.0 Å². The van der Waals surface area contributed by atoms with Crippen molar-refractivity contribution < 1.29 is 23.4 Å². The Hall–Kier alpha value is -2.80. The lowest BCUT2D eigenvalue weighted by Crippen LogP contribution is -2.01. The summed E-state index contributed by atoms with van der Waals surface area (Å²) in [6.45, 7) is -2.87. The van der Waals surface area contributed by atoms with Crippen LogP contribution in [0.1, 0.15) is 21.6 Å². The van der Waals surface area contributed by atoms with E-state index in [-0.39, 0.29) is 11.3 Å². The van der Waals surface area contributed by atoms with E-state index in [0.29, 0.717) is 16.6 Å². The molecular formula is C19H12BrF2NO3. The van der Waals surface area contributed by atoms with Crippen LogP contribution in [0.15, 0.2) is 53.0 Å². The van der Waals surface area contributed by atoms with E-state index < -0.39 is 12.6 Å². The first-order chi connectivity index (χ1) is 12.4. The summed E-state index contributed by atoms with van der Waals surface area (Å²) in [6.07, 6.45) is 3.38. The number of hydrogen-bond donors (Lipinski definition) is 1. The van der Waals surface area contributed by atoms with Crippen molar-refractivity contribution in [2.45, 2.75) is 6.61 Å². The second-order valence-electron chi connectivity index (χ2n) is 5.34. The fourth-order valence-corrected chi connectivity index (χ4v) is 2.78. The number of aromatic carboxylic acids is 1. The number of nitrogens with zero attached hydrogens (tertiary/aromatic N) is 1. The molecule has 0 bridgehead atoms. The largest absolute Gasteiger partial charge is 0.478 e. The Labute approximate surface area is 155 Å². The topological polar surface area (TPSA) is 59.4 Å². The van der Waals surface area contributed by atoms with E-state index in [2.05, 4.69) is 25.7 Å². The standard InChI is InChI=1S/C19H12BrF2NO3/c20-12-4-8-17-15(9-12)16(18(24)25)10-13(23-17)5-1-11-2-6-14(7-3-11)26-19(21)22/h1-10,19H,(H,24,25)/b5-1+. The van der Waals surface area contributed by atoms with E-state index in [1.54, 1.807) is 42.5 Å². The number of pyridine rings is 1. The third kappa shape index (κ3) is 4.23. The molecule has 0 fully saturated rings. The summed E-state index contributed by atoms with van der Waals surface area (Å²) < 4.78 is 29.4. The zero-order chi connectivity index (χ0) is 18.7. The monoisotopic (exact) mass is 419 g/mol. The molecule has 3 aromatic rings. The summed E-state index contributed by atoms with van der Waals surface area (Å²) in [7, 11) is 0. The highest BCUT2D eigenvalue weighted by Crippen LogP contribution is 2.24. The molecule has 1 N–H and O–H groups in total. The number of rotatable bonds is 5. The minimum absolute atomic E-state index is 0.0692. The SMILES string of the molecule is O=C(O)c1cc(/C=C/c2ccc(OC(F)F)cc2)nc2ccc(Br)cc12. The number of benzene rings is 2.